The second-order valence-corrected chi connectivity index (χ2v) is 8.84. The highest BCUT2D eigenvalue weighted by Crippen LogP contribution is 2.51. The van der Waals surface area contributed by atoms with Crippen LogP contribution in [0, 0.1) is 5.41 Å². The van der Waals surface area contributed by atoms with Gasteiger partial charge in [-0.15, -0.1) is 0 Å². The summed E-state index contributed by atoms with van der Waals surface area (Å²) in [5.74, 6) is 1.44. The van der Waals surface area contributed by atoms with Gasteiger partial charge in [0.2, 0.25) is 0 Å². The van der Waals surface area contributed by atoms with Gasteiger partial charge in [-0.25, -0.2) is 9.78 Å². The van der Waals surface area contributed by atoms with Crippen molar-refractivity contribution in [1.82, 2.24) is 19.4 Å². The molecule has 1 amide bonds. The number of nitrogens with zero attached hydrogens (tertiary/aromatic N) is 4. The Labute approximate surface area is 164 Å². The Balaban J connectivity index is 1.29. The SMILES string of the molecule is COC(=O)N1CCC2(CC(N3CCC(c4nc(Cl)c(Cl)n4C)CC3)C2)C1. The third-order valence-electron chi connectivity index (χ3n) is 6.64. The van der Waals surface area contributed by atoms with Gasteiger partial charge in [-0.2, -0.15) is 0 Å². The average molecular weight is 401 g/mol. The van der Waals surface area contributed by atoms with Crippen LogP contribution in [0.3, 0.4) is 0 Å². The molecule has 1 aliphatic carbocycles. The third kappa shape index (κ3) is 3.10. The highest BCUT2D eigenvalue weighted by atomic mass is 35.5. The van der Waals surface area contributed by atoms with Crippen molar-refractivity contribution in [3.8, 4) is 0 Å². The van der Waals surface area contributed by atoms with E-state index in [4.69, 9.17) is 27.9 Å². The quantitative estimate of drug-likeness (QED) is 0.761. The van der Waals surface area contributed by atoms with Crippen molar-refractivity contribution < 1.29 is 9.53 Å². The van der Waals surface area contributed by atoms with Gasteiger partial charge in [0, 0.05) is 32.1 Å². The number of hydrogen-bond donors (Lipinski definition) is 0. The van der Waals surface area contributed by atoms with Gasteiger partial charge in [-0.1, -0.05) is 23.2 Å². The van der Waals surface area contributed by atoms with E-state index in [0.29, 0.717) is 27.7 Å². The van der Waals surface area contributed by atoms with Crippen molar-refractivity contribution in [2.24, 2.45) is 12.5 Å². The van der Waals surface area contributed by atoms with Gasteiger partial charge in [-0.3, -0.25) is 0 Å². The Bertz CT molecular complexity index is 694. The van der Waals surface area contributed by atoms with Gasteiger partial charge in [0.25, 0.3) is 0 Å². The Kier molecular flexibility index (Phi) is 4.86. The molecule has 0 radical (unpaired) electrons. The molecular formula is C18H26Cl2N4O2. The van der Waals surface area contributed by atoms with Crippen molar-refractivity contribution >= 4 is 29.3 Å². The highest BCUT2D eigenvalue weighted by molar-refractivity contribution is 6.40. The Morgan fingerprint density at radius 2 is 1.92 bits per heavy atom. The molecule has 1 aromatic heterocycles. The predicted molar refractivity (Wildman–Crippen MR) is 101 cm³/mol. The molecule has 0 unspecified atom stereocenters. The first kappa shape index (κ1) is 18.4. The number of amides is 1. The molecule has 0 aromatic carbocycles. The lowest BCUT2D eigenvalue weighted by Crippen LogP contribution is -2.54. The van der Waals surface area contributed by atoms with E-state index < -0.39 is 0 Å². The molecule has 2 aliphatic heterocycles. The average Bonchev–Trinajstić information content (AvgIpc) is 3.18. The summed E-state index contributed by atoms with van der Waals surface area (Å²) in [6.07, 6.45) is 5.51. The minimum absolute atomic E-state index is 0.182. The number of ether oxygens (including phenoxy) is 1. The maximum atomic E-state index is 11.7. The largest absolute Gasteiger partial charge is 0.453 e. The minimum Gasteiger partial charge on any atom is -0.453 e. The summed E-state index contributed by atoms with van der Waals surface area (Å²) in [5.41, 5.74) is 0.330. The van der Waals surface area contributed by atoms with E-state index in [1.807, 2.05) is 16.5 Å². The predicted octanol–water partition coefficient (Wildman–Crippen LogP) is 3.53. The fourth-order valence-corrected chi connectivity index (χ4v) is 5.44. The maximum absolute atomic E-state index is 11.7. The zero-order chi connectivity index (χ0) is 18.5. The van der Waals surface area contributed by atoms with Gasteiger partial charge in [0.05, 0.1) is 7.11 Å². The zero-order valence-corrected chi connectivity index (χ0v) is 16.9. The number of aromatic nitrogens is 2. The summed E-state index contributed by atoms with van der Waals surface area (Å²) < 4.78 is 6.78. The van der Waals surface area contributed by atoms with E-state index in [1.54, 1.807) is 0 Å². The first-order valence-electron chi connectivity index (χ1n) is 9.37. The zero-order valence-electron chi connectivity index (χ0n) is 15.4. The van der Waals surface area contributed by atoms with E-state index >= 15 is 0 Å². The number of piperidine rings is 1. The Hall–Kier alpha value is -0.980. The molecule has 0 bridgehead atoms. The number of carbonyl (C=O) groups is 1. The molecule has 0 atom stereocenters. The van der Waals surface area contributed by atoms with Crippen LogP contribution in [0.5, 0.6) is 0 Å². The van der Waals surface area contributed by atoms with Crippen LogP contribution in [0.25, 0.3) is 0 Å². The van der Waals surface area contributed by atoms with Crippen molar-refractivity contribution in [2.45, 2.75) is 44.1 Å². The van der Waals surface area contributed by atoms with Gasteiger partial charge in [0.1, 0.15) is 11.0 Å². The number of imidazole rings is 1. The summed E-state index contributed by atoms with van der Waals surface area (Å²) in [6.45, 7) is 3.88. The number of halogens is 2. The summed E-state index contributed by atoms with van der Waals surface area (Å²) in [5, 5.41) is 0.936. The topological polar surface area (TPSA) is 50.6 Å². The fourth-order valence-electron chi connectivity index (χ4n) is 5.10. The summed E-state index contributed by atoms with van der Waals surface area (Å²) >= 11 is 12.2. The van der Waals surface area contributed by atoms with Crippen molar-refractivity contribution in [1.29, 1.82) is 0 Å². The fraction of sp³-hybridized carbons (Fsp3) is 0.778. The van der Waals surface area contributed by atoms with E-state index in [0.717, 1.165) is 51.3 Å². The molecule has 1 saturated carbocycles. The molecule has 3 fully saturated rings. The van der Waals surface area contributed by atoms with Crippen LogP contribution in [0.1, 0.15) is 43.8 Å². The van der Waals surface area contributed by atoms with Crippen LogP contribution in [0.15, 0.2) is 0 Å². The molecule has 8 heteroatoms. The first-order valence-corrected chi connectivity index (χ1v) is 10.1. The molecule has 1 spiro atoms. The van der Waals surface area contributed by atoms with Crippen LogP contribution < -0.4 is 0 Å². The number of hydrogen-bond acceptors (Lipinski definition) is 4. The summed E-state index contributed by atoms with van der Waals surface area (Å²) in [7, 11) is 3.40. The Morgan fingerprint density at radius 3 is 2.50 bits per heavy atom. The second kappa shape index (κ2) is 6.88. The minimum atomic E-state index is -0.182. The van der Waals surface area contributed by atoms with Crippen LogP contribution in [-0.4, -0.2) is 64.8 Å². The van der Waals surface area contributed by atoms with Crippen molar-refractivity contribution in [3.63, 3.8) is 0 Å². The molecule has 0 N–H and O–H groups in total. The number of methoxy groups -OCH3 is 1. The van der Waals surface area contributed by atoms with Gasteiger partial charge < -0.3 is 19.1 Å². The standard InChI is InChI=1S/C18H26Cl2N4O2/c1-22-15(20)14(19)21-16(22)12-3-6-23(7-4-12)13-9-18(10-13)5-8-24(11-18)17(25)26-2/h12-13H,3-11H2,1-2H3. The lowest BCUT2D eigenvalue weighted by atomic mass is 9.64. The summed E-state index contributed by atoms with van der Waals surface area (Å²) in [4.78, 5) is 20.7. The number of likely N-dealkylation sites (tertiary alicyclic amines) is 2. The van der Waals surface area contributed by atoms with E-state index in [2.05, 4.69) is 9.88 Å². The third-order valence-corrected chi connectivity index (χ3v) is 7.43. The van der Waals surface area contributed by atoms with E-state index in [-0.39, 0.29) is 6.09 Å². The van der Waals surface area contributed by atoms with Gasteiger partial charge in [0.15, 0.2) is 5.15 Å². The van der Waals surface area contributed by atoms with Crippen LogP contribution in [0.2, 0.25) is 10.3 Å². The second-order valence-electron chi connectivity index (χ2n) is 8.12. The molecule has 26 heavy (non-hydrogen) atoms. The molecule has 3 aliphatic rings. The summed E-state index contributed by atoms with van der Waals surface area (Å²) in [6, 6.07) is 0.655. The van der Waals surface area contributed by atoms with Crippen molar-refractivity contribution in [2.75, 3.05) is 33.3 Å². The van der Waals surface area contributed by atoms with Crippen LogP contribution in [0.4, 0.5) is 4.79 Å². The van der Waals surface area contributed by atoms with Crippen LogP contribution >= 0.6 is 23.2 Å². The monoisotopic (exact) mass is 400 g/mol. The normalized spacial score (nSPS) is 30.0. The van der Waals surface area contributed by atoms with Crippen LogP contribution in [-0.2, 0) is 11.8 Å². The molecule has 2 saturated heterocycles. The molecule has 1 aromatic rings. The van der Waals surface area contributed by atoms with Crippen molar-refractivity contribution in [3.05, 3.63) is 16.1 Å². The smallest absolute Gasteiger partial charge is 0.409 e. The lowest BCUT2D eigenvalue weighted by Gasteiger charge is -2.51. The maximum Gasteiger partial charge on any atom is 0.409 e. The molecule has 4 rings (SSSR count). The first-order chi connectivity index (χ1) is 12.4. The molecular weight excluding hydrogens is 375 g/mol. The number of rotatable bonds is 2. The highest BCUT2D eigenvalue weighted by Gasteiger charge is 2.51. The van der Waals surface area contributed by atoms with E-state index in [9.17, 15) is 4.79 Å². The lowest BCUT2D eigenvalue weighted by molar-refractivity contribution is -0.00476. The molecule has 144 valence electrons. The van der Waals surface area contributed by atoms with Gasteiger partial charge >= 0.3 is 6.09 Å². The Morgan fingerprint density at radius 1 is 1.23 bits per heavy atom. The number of carbonyl (C=O) groups excluding carboxylic acids is 1. The molecule has 3 heterocycles. The molecule has 6 nitrogen and oxygen atoms in total. The van der Waals surface area contributed by atoms with E-state index in [1.165, 1.54) is 20.0 Å². The van der Waals surface area contributed by atoms with Gasteiger partial charge in [-0.05, 0) is 50.6 Å².